The molecule has 0 fully saturated rings. The second kappa shape index (κ2) is 8.56. The first-order valence-corrected chi connectivity index (χ1v) is 7.81. The van der Waals surface area contributed by atoms with Crippen molar-refractivity contribution in [3.63, 3.8) is 0 Å². The van der Waals surface area contributed by atoms with Gasteiger partial charge >= 0.3 is 0 Å². The maximum absolute atomic E-state index is 12.2. The second-order valence-corrected chi connectivity index (χ2v) is 5.32. The summed E-state index contributed by atoms with van der Waals surface area (Å²) in [6.07, 6.45) is -0.296. The molecule has 0 saturated heterocycles. The van der Waals surface area contributed by atoms with Crippen molar-refractivity contribution in [2.45, 2.75) is 13.0 Å². The predicted molar refractivity (Wildman–Crippen MR) is 91.1 cm³/mol. The van der Waals surface area contributed by atoms with E-state index in [1.165, 1.54) is 0 Å². The third-order valence-corrected chi connectivity index (χ3v) is 3.76. The molecule has 1 unspecified atom stereocenters. The van der Waals surface area contributed by atoms with Crippen molar-refractivity contribution < 1.29 is 14.3 Å². The van der Waals surface area contributed by atoms with Crippen molar-refractivity contribution in [2.75, 3.05) is 20.3 Å². The fourth-order valence-electron chi connectivity index (χ4n) is 2.21. The molecule has 0 aromatic heterocycles. The molecule has 2 aromatic rings. The largest absolute Gasteiger partial charge is 0.494 e. The van der Waals surface area contributed by atoms with Gasteiger partial charge in [-0.15, -0.1) is 0 Å². The Morgan fingerprint density at radius 2 is 1.87 bits per heavy atom. The van der Waals surface area contributed by atoms with Crippen LogP contribution in [0.1, 0.15) is 28.9 Å². The number of halogens is 1. The molecule has 1 amide bonds. The maximum atomic E-state index is 12.2. The lowest BCUT2D eigenvalue weighted by Gasteiger charge is -2.17. The Bertz CT molecular complexity index is 643. The predicted octanol–water partition coefficient (Wildman–Crippen LogP) is 3.86. The number of ether oxygens (including phenoxy) is 2. The Labute approximate surface area is 141 Å². The minimum atomic E-state index is -0.296. The van der Waals surface area contributed by atoms with Gasteiger partial charge in [-0.05, 0) is 37.3 Å². The van der Waals surface area contributed by atoms with E-state index >= 15 is 0 Å². The fourth-order valence-corrected chi connectivity index (χ4v) is 2.47. The van der Waals surface area contributed by atoms with Crippen molar-refractivity contribution in [2.24, 2.45) is 0 Å². The van der Waals surface area contributed by atoms with Gasteiger partial charge in [-0.25, -0.2) is 0 Å². The quantitative estimate of drug-likeness (QED) is 0.837. The lowest BCUT2D eigenvalue weighted by Crippen LogP contribution is -2.29. The van der Waals surface area contributed by atoms with Crippen LogP contribution >= 0.6 is 11.6 Å². The summed E-state index contributed by atoms with van der Waals surface area (Å²) in [6.45, 7) is 2.85. The third-order valence-electron chi connectivity index (χ3n) is 3.41. The molecule has 2 rings (SSSR count). The lowest BCUT2D eigenvalue weighted by atomic mass is 10.1. The van der Waals surface area contributed by atoms with E-state index in [0.29, 0.717) is 23.7 Å². The topological polar surface area (TPSA) is 47.6 Å². The van der Waals surface area contributed by atoms with Crippen LogP contribution in [0.4, 0.5) is 0 Å². The van der Waals surface area contributed by atoms with Crippen LogP contribution in [0.3, 0.4) is 0 Å². The smallest absolute Gasteiger partial charge is 0.251 e. The van der Waals surface area contributed by atoms with E-state index in [1.54, 1.807) is 37.4 Å². The molecular formula is C18H20ClNO3. The number of benzene rings is 2. The zero-order valence-corrected chi connectivity index (χ0v) is 14.0. The van der Waals surface area contributed by atoms with Crippen molar-refractivity contribution >= 4 is 17.5 Å². The summed E-state index contributed by atoms with van der Waals surface area (Å²) in [5.74, 6) is 0.581. The average Bonchev–Trinajstić information content (AvgIpc) is 2.57. The van der Waals surface area contributed by atoms with Gasteiger partial charge in [0.15, 0.2) is 0 Å². The van der Waals surface area contributed by atoms with Crippen LogP contribution in [0.5, 0.6) is 5.75 Å². The highest BCUT2D eigenvalue weighted by Gasteiger charge is 2.15. The Morgan fingerprint density at radius 3 is 2.48 bits per heavy atom. The van der Waals surface area contributed by atoms with Crippen LogP contribution in [-0.4, -0.2) is 26.2 Å². The van der Waals surface area contributed by atoms with Gasteiger partial charge in [-0.2, -0.15) is 0 Å². The molecule has 23 heavy (non-hydrogen) atoms. The van der Waals surface area contributed by atoms with E-state index in [4.69, 9.17) is 21.1 Å². The van der Waals surface area contributed by atoms with Crippen molar-refractivity contribution in [1.29, 1.82) is 0 Å². The van der Waals surface area contributed by atoms with Crippen LogP contribution in [0.2, 0.25) is 5.02 Å². The molecule has 0 aliphatic rings. The highest BCUT2D eigenvalue weighted by atomic mass is 35.5. The van der Waals surface area contributed by atoms with Gasteiger partial charge in [-0.1, -0.05) is 29.8 Å². The molecule has 5 heteroatoms. The fraction of sp³-hybridized carbons (Fsp3) is 0.278. The van der Waals surface area contributed by atoms with Gasteiger partial charge in [0.1, 0.15) is 11.9 Å². The lowest BCUT2D eigenvalue weighted by molar-refractivity contribution is 0.0828. The zero-order valence-electron chi connectivity index (χ0n) is 13.2. The molecule has 2 aromatic carbocycles. The normalized spacial score (nSPS) is 11.8. The first kappa shape index (κ1) is 17.3. The van der Waals surface area contributed by atoms with Gasteiger partial charge in [0.25, 0.3) is 5.91 Å². The highest BCUT2D eigenvalue weighted by Crippen LogP contribution is 2.24. The van der Waals surface area contributed by atoms with Gasteiger partial charge in [-0.3, -0.25) is 4.79 Å². The standard InChI is InChI=1S/C18H20ClNO3/c1-3-23-14-10-8-13(9-11-14)18(21)20-12-17(22-2)15-6-4-5-7-16(15)19/h4-11,17H,3,12H2,1-2H3,(H,20,21). The molecule has 4 nitrogen and oxygen atoms in total. The maximum Gasteiger partial charge on any atom is 0.251 e. The molecule has 0 heterocycles. The molecular weight excluding hydrogens is 314 g/mol. The van der Waals surface area contributed by atoms with Crippen LogP contribution in [0.25, 0.3) is 0 Å². The van der Waals surface area contributed by atoms with Crippen LogP contribution < -0.4 is 10.1 Å². The minimum Gasteiger partial charge on any atom is -0.494 e. The summed E-state index contributed by atoms with van der Waals surface area (Å²) >= 11 is 6.17. The number of carbonyl (C=O) groups is 1. The summed E-state index contributed by atoms with van der Waals surface area (Å²) < 4.78 is 10.8. The zero-order chi connectivity index (χ0) is 16.7. The van der Waals surface area contributed by atoms with Crippen LogP contribution in [-0.2, 0) is 4.74 Å². The van der Waals surface area contributed by atoms with Gasteiger partial charge in [0.05, 0.1) is 6.61 Å². The van der Waals surface area contributed by atoms with Gasteiger partial charge in [0, 0.05) is 29.8 Å². The molecule has 0 bridgehead atoms. The number of hydrogen-bond acceptors (Lipinski definition) is 3. The van der Waals surface area contributed by atoms with Crippen LogP contribution in [0.15, 0.2) is 48.5 Å². The molecule has 0 aliphatic carbocycles. The Balaban J connectivity index is 1.98. The monoisotopic (exact) mass is 333 g/mol. The van der Waals surface area contributed by atoms with E-state index in [-0.39, 0.29) is 12.0 Å². The second-order valence-electron chi connectivity index (χ2n) is 4.91. The first-order valence-electron chi connectivity index (χ1n) is 7.44. The van der Waals surface area contributed by atoms with E-state index in [1.807, 2.05) is 25.1 Å². The van der Waals surface area contributed by atoms with E-state index in [9.17, 15) is 4.79 Å². The van der Waals surface area contributed by atoms with Crippen molar-refractivity contribution in [3.05, 3.63) is 64.7 Å². The molecule has 122 valence electrons. The number of hydrogen-bond donors (Lipinski definition) is 1. The number of carbonyl (C=O) groups excluding carboxylic acids is 1. The van der Waals surface area contributed by atoms with Crippen molar-refractivity contribution in [1.82, 2.24) is 5.32 Å². The minimum absolute atomic E-state index is 0.165. The summed E-state index contributed by atoms with van der Waals surface area (Å²) in [5.41, 5.74) is 1.42. The number of methoxy groups -OCH3 is 1. The Kier molecular flexibility index (Phi) is 6.44. The van der Waals surface area contributed by atoms with E-state index in [2.05, 4.69) is 5.32 Å². The molecule has 0 saturated carbocycles. The molecule has 0 radical (unpaired) electrons. The third kappa shape index (κ3) is 4.71. The molecule has 0 spiro atoms. The molecule has 1 atom stereocenters. The summed E-state index contributed by atoms with van der Waals surface area (Å²) in [7, 11) is 1.59. The highest BCUT2D eigenvalue weighted by molar-refractivity contribution is 6.31. The molecule has 1 N–H and O–H groups in total. The van der Waals surface area contributed by atoms with Gasteiger partial charge in [0.2, 0.25) is 0 Å². The summed E-state index contributed by atoms with van der Waals surface area (Å²) in [5, 5.41) is 3.48. The summed E-state index contributed by atoms with van der Waals surface area (Å²) in [6, 6.07) is 14.5. The van der Waals surface area contributed by atoms with E-state index in [0.717, 1.165) is 11.3 Å². The van der Waals surface area contributed by atoms with Crippen molar-refractivity contribution in [3.8, 4) is 5.75 Å². The van der Waals surface area contributed by atoms with Gasteiger partial charge < -0.3 is 14.8 Å². The number of rotatable bonds is 7. The number of amides is 1. The number of nitrogens with one attached hydrogen (secondary N) is 1. The average molecular weight is 334 g/mol. The molecule has 0 aliphatic heterocycles. The Morgan fingerprint density at radius 1 is 1.17 bits per heavy atom. The first-order chi connectivity index (χ1) is 11.2. The SMILES string of the molecule is CCOc1ccc(C(=O)NCC(OC)c2ccccc2Cl)cc1. The van der Waals surface area contributed by atoms with Crippen LogP contribution in [0, 0.1) is 0 Å². The van der Waals surface area contributed by atoms with E-state index < -0.39 is 0 Å². The Hall–Kier alpha value is -2.04. The summed E-state index contributed by atoms with van der Waals surface area (Å²) in [4.78, 5) is 12.2.